The Hall–Kier alpha value is -0.950. The predicted octanol–water partition coefficient (Wildman–Crippen LogP) is 2.18. The van der Waals surface area contributed by atoms with E-state index in [4.69, 9.17) is 5.26 Å². The third kappa shape index (κ3) is 1.33. The fraction of sp³-hybridized carbons (Fsp3) is 0.444. The van der Waals surface area contributed by atoms with Crippen LogP contribution in [0.15, 0.2) is 17.0 Å². The summed E-state index contributed by atoms with van der Waals surface area (Å²) in [7, 11) is 0. The van der Waals surface area contributed by atoms with Gasteiger partial charge in [0.1, 0.15) is 10.0 Å². The van der Waals surface area contributed by atoms with Crippen LogP contribution in [0.25, 0.3) is 0 Å². The first-order valence-corrected chi connectivity index (χ1v) is 4.95. The molecule has 1 saturated carbocycles. The second kappa shape index (κ2) is 3.08. The summed E-state index contributed by atoms with van der Waals surface area (Å²) in [5.74, 6) is 0. The standard InChI is InChI=1S/C9H8BrN3/c10-8-5-12-7(4-13-8)9(6-11)2-1-3-9/h4-5H,1-3H2. The zero-order chi connectivity index (χ0) is 9.31. The van der Waals surface area contributed by atoms with Crippen molar-refractivity contribution >= 4 is 15.9 Å². The van der Waals surface area contributed by atoms with Gasteiger partial charge in [-0.05, 0) is 35.2 Å². The highest BCUT2D eigenvalue weighted by atomic mass is 79.9. The van der Waals surface area contributed by atoms with Crippen molar-refractivity contribution in [2.45, 2.75) is 24.7 Å². The van der Waals surface area contributed by atoms with Gasteiger partial charge in [-0.2, -0.15) is 5.26 Å². The van der Waals surface area contributed by atoms with E-state index >= 15 is 0 Å². The molecule has 0 bridgehead atoms. The molecule has 13 heavy (non-hydrogen) atoms. The molecule has 1 heterocycles. The number of rotatable bonds is 1. The van der Waals surface area contributed by atoms with Gasteiger partial charge in [-0.3, -0.25) is 4.98 Å². The van der Waals surface area contributed by atoms with Gasteiger partial charge in [-0.25, -0.2) is 4.98 Å². The monoisotopic (exact) mass is 237 g/mol. The lowest BCUT2D eigenvalue weighted by atomic mass is 9.68. The van der Waals surface area contributed by atoms with Gasteiger partial charge in [0.15, 0.2) is 0 Å². The predicted molar refractivity (Wildman–Crippen MR) is 50.9 cm³/mol. The summed E-state index contributed by atoms with van der Waals surface area (Å²) in [6.45, 7) is 0. The Morgan fingerprint density at radius 3 is 2.54 bits per heavy atom. The highest BCUT2D eigenvalue weighted by Gasteiger charge is 2.40. The van der Waals surface area contributed by atoms with Crippen molar-refractivity contribution in [3.05, 3.63) is 22.7 Å². The Kier molecular flexibility index (Phi) is 2.04. The summed E-state index contributed by atoms with van der Waals surface area (Å²) in [4.78, 5) is 8.29. The van der Waals surface area contributed by atoms with Gasteiger partial charge in [-0.1, -0.05) is 0 Å². The molecule has 0 aliphatic heterocycles. The molecule has 0 radical (unpaired) electrons. The Morgan fingerprint density at radius 2 is 2.15 bits per heavy atom. The molecule has 2 rings (SSSR count). The number of aromatic nitrogens is 2. The normalized spacial score (nSPS) is 18.8. The molecular weight excluding hydrogens is 230 g/mol. The fourth-order valence-corrected chi connectivity index (χ4v) is 1.72. The number of hydrogen-bond acceptors (Lipinski definition) is 3. The average molecular weight is 238 g/mol. The van der Waals surface area contributed by atoms with Gasteiger partial charge in [0.25, 0.3) is 0 Å². The van der Waals surface area contributed by atoms with Crippen LogP contribution in [0.4, 0.5) is 0 Å². The first kappa shape index (κ1) is 8.64. The molecule has 0 saturated heterocycles. The number of hydrogen-bond donors (Lipinski definition) is 0. The third-order valence-electron chi connectivity index (χ3n) is 2.53. The van der Waals surface area contributed by atoms with Crippen LogP contribution in [0.5, 0.6) is 0 Å². The minimum Gasteiger partial charge on any atom is -0.255 e. The van der Waals surface area contributed by atoms with Gasteiger partial charge in [0, 0.05) is 0 Å². The van der Waals surface area contributed by atoms with Crippen molar-refractivity contribution in [1.82, 2.24) is 9.97 Å². The molecule has 0 N–H and O–H groups in total. The smallest absolute Gasteiger partial charge is 0.124 e. The van der Waals surface area contributed by atoms with Crippen LogP contribution in [0.3, 0.4) is 0 Å². The van der Waals surface area contributed by atoms with Gasteiger partial charge in [-0.15, -0.1) is 0 Å². The lowest BCUT2D eigenvalue weighted by Crippen LogP contribution is -2.33. The van der Waals surface area contributed by atoms with E-state index in [0.29, 0.717) is 4.60 Å². The molecule has 3 nitrogen and oxygen atoms in total. The van der Waals surface area contributed by atoms with E-state index in [9.17, 15) is 0 Å². The molecule has 4 heteroatoms. The zero-order valence-corrected chi connectivity index (χ0v) is 8.58. The van der Waals surface area contributed by atoms with Crippen LogP contribution in [0.2, 0.25) is 0 Å². The molecule has 1 aromatic heterocycles. The maximum Gasteiger partial charge on any atom is 0.124 e. The lowest BCUT2D eigenvalue weighted by Gasteiger charge is -2.33. The fourth-order valence-electron chi connectivity index (χ4n) is 1.51. The summed E-state index contributed by atoms with van der Waals surface area (Å²) in [5, 5.41) is 9.03. The second-order valence-electron chi connectivity index (χ2n) is 3.27. The largest absolute Gasteiger partial charge is 0.255 e. The summed E-state index contributed by atoms with van der Waals surface area (Å²) >= 11 is 3.22. The van der Waals surface area contributed by atoms with Crippen molar-refractivity contribution in [3.8, 4) is 6.07 Å². The van der Waals surface area contributed by atoms with E-state index in [0.717, 1.165) is 25.0 Å². The molecule has 0 spiro atoms. The highest BCUT2D eigenvalue weighted by Crippen LogP contribution is 2.41. The van der Waals surface area contributed by atoms with Gasteiger partial charge >= 0.3 is 0 Å². The Morgan fingerprint density at radius 1 is 1.38 bits per heavy atom. The zero-order valence-electron chi connectivity index (χ0n) is 7.00. The Labute approximate surface area is 84.9 Å². The molecule has 1 aliphatic rings. The average Bonchev–Trinajstić information content (AvgIpc) is 2.07. The number of nitriles is 1. The molecule has 0 amide bonds. The van der Waals surface area contributed by atoms with E-state index in [-0.39, 0.29) is 5.41 Å². The minimum absolute atomic E-state index is 0.340. The maximum absolute atomic E-state index is 9.03. The quantitative estimate of drug-likeness (QED) is 0.753. The van der Waals surface area contributed by atoms with E-state index in [2.05, 4.69) is 32.0 Å². The summed E-state index contributed by atoms with van der Waals surface area (Å²) in [5.41, 5.74) is 0.470. The van der Waals surface area contributed by atoms with Crippen molar-refractivity contribution in [2.24, 2.45) is 0 Å². The molecule has 1 aliphatic carbocycles. The van der Waals surface area contributed by atoms with Gasteiger partial charge in [0.2, 0.25) is 0 Å². The molecule has 1 aromatic rings. The molecule has 0 aromatic carbocycles. The van der Waals surface area contributed by atoms with E-state index in [1.807, 2.05) is 0 Å². The lowest BCUT2D eigenvalue weighted by molar-refractivity contribution is 0.315. The van der Waals surface area contributed by atoms with Gasteiger partial charge in [0.05, 0.1) is 24.2 Å². The van der Waals surface area contributed by atoms with Crippen LogP contribution in [0.1, 0.15) is 25.0 Å². The van der Waals surface area contributed by atoms with Gasteiger partial charge < -0.3 is 0 Å². The molecule has 66 valence electrons. The van der Waals surface area contributed by atoms with Crippen molar-refractivity contribution < 1.29 is 0 Å². The van der Waals surface area contributed by atoms with Crippen molar-refractivity contribution in [3.63, 3.8) is 0 Å². The van der Waals surface area contributed by atoms with E-state index in [1.165, 1.54) is 0 Å². The van der Waals surface area contributed by atoms with E-state index < -0.39 is 0 Å². The highest BCUT2D eigenvalue weighted by molar-refractivity contribution is 9.10. The van der Waals surface area contributed by atoms with Crippen LogP contribution in [-0.4, -0.2) is 9.97 Å². The van der Waals surface area contributed by atoms with E-state index in [1.54, 1.807) is 12.4 Å². The summed E-state index contributed by atoms with van der Waals surface area (Å²) < 4.78 is 0.712. The summed E-state index contributed by atoms with van der Waals surface area (Å²) in [6.07, 6.45) is 6.28. The number of halogens is 1. The Balaban J connectivity index is 2.35. The Bertz CT molecular complexity index is 348. The maximum atomic E-state index is 9.03. The topological polar surface area (TPSA) is 49.6 Å². The number of nitrogens with zero attached hydrogens (tertiary/aromatic N) is 3. The van der Waals surface area contributed by atoms with Crippen LogP contribution >= 0.6 is 15.9 Å². The van der Waals surface area contributed by atoms with Crippen LogP contribution < -0.4 is 0 Å². The third-order valence-corrected chi connectivity index (χ3v) is 2.94. The van der Waals surface area contributed by atoms with Crippen molar-refractivity contribution in [2.75, 3.05) is 0 Å². The first-order chi connectivity index (χ1) is 6.27. The molecule has 1 fully saturated rings. The summed E-state index contributed by atoms with van der Waals surface area (Å²) in [6, 6.07) is 2.33. The molecule has 0 unspecified atom stereocenters. The van der Waals surface area contributed by atoms with Crippen molar-refractivity contribution in [1.29, 1.82) is 5.26 Å². The molecule has 0 atom stereocenters. The SMILES string of the molecule is N#CC1(c2cnc(Br)cn2)CCC1. The van der Waals surface area contributed by atoms with Crippen LogP contribution in [0, 0.1) is 11.3 Å². The molecular formula is C9H8BrN3. The minimum atomic E-state index is -0.340. The van der Waals surface area contributed by atoms with Crippen LogP contribution in [-0.2, 0) is 5.41 Å². The second-order valence-corrected chi connectivity index (χ2v) is 4.08. The first-order valence-electron chi connectivity index (χ1n) is 4.16.